The van der Waals surface area contributed by atoms with Crippen molar-refractivity contribution in [2.75, 3.05) is 0 Å². The maximum Gasteiger partial charge on any atom is 0.123 e. The van der Waals surface area contributed by atoms with Gasteiger partial charge in [-0.1, -0.05) is 30.3 Å². The molecule has 1 aromatic rings. The highest BCUT2D eigenvalue weighted by Crippen LogP contribution is 2.30. The van der Waals surface area contributed by atoms with E-state index in [2.05, 4.69) is 23.2 Å². The molecule has 2 heterocycles. The Kier molecular flexibility index (Phi) is 1.37. The standard InChI is InChI=1S/C11H9NO/c1-2-4-8(5-3-1)9-6-10-11(13-10)7-12-9/h1-7,10-11H/t10-,11+/m0/s1. The predicted molar refractivity (Wildman–Crippen MR) is 51.6 cm³/mol. The van der Waals surface area contributed by atoms with E-state index in [0.717, 1.165) is 11.3 Å². The SMILES string of the molecule is C1=NC(c2ccccc2)=C[C@@H]2O[C@H]12. The van der Waals surface area contributed by atoms with E-state index in [1.807, 2.05) is 24.4 Å². The number of benzene rings is 1. The Labute approximate surface area is 76.6 Å². The molecule has 0 bridgehead atoms. The molecule has 1 aromatic carbocycles. The van der Waals surface area contributed by atoms with Gasteiger partial charge in [-0.05, 0) is 11.6 Å². The Morgan fingerprint density at radius 1 is 1.08 bits per heavy atom. The summed E-state index contributed by atoms with van der Waals surface area (Å²) in [4.78, 5) is 4.33. The van der Waals surface area contributed by atoms with E-state index >= 15 is 0 Å². The molecule has 2 aliphatic rings. The quantitative estimate of drug-likeness (QED) is 0.592. The van der Waals surface area contributed by atoms with Crippen molar-refractivity contribution in [2.24, 2.45) is 4.99 Å². The first kappa shape index (κ1) is 7.04. The van der Waals surface area contributed by atoms with Crippen LogP contribution in [0.1, 0.15) is 5.56 Å². The molecule has 1 fully saturated rings. The van der Waals surface area contributed by atoms with Crippen LogP contribution >= 0.6 is 0 Å². The number of epoxide rings is 1. The summed E-state index contributed by atoms with van der Waals surface area (Å²) in [5, 5.41) is 0. The second-order valence-corrected chi connectivity index (χ2v) is 3.26. The molecule has 0 radical (unpaired) electrons. The van der Waals surface area contributed by atoms with Gasteiger partial charge < -0.3 is 4.74 Å². The molecule has 2 atom stereocenters. The largest absolute Gasteiger partial charge is 0.359 e. The Hall–Kier alpha value is -1.41. The van der Waals surface area contributed by atoms with E-state index in [1.54, 1.807) is 0 Å². The van der Waals surface area contributed by atoms with Crippen molar-refractivity contribution in [1.82, 2.24) is 0 Å². The van der Waals surface area contributed by atoms with Crippen LogP contribution in [-0.2, 0) is 4.74 Å². The molecule has 0 saturated carbocycles. The Morgan fingerprint density at radius 2 is 1.92 bits per heavy atom. The molecule has 0 amide bonds. The van der Waals surface area contributed by atoms with E-state index in [1.165, 1.54) is 0 Å². The Bertz CT molecular complexity index is 380. The van der Waals surface area contributed by atoms with Crippen molar-refractivity contribution in [3.05, 3.63) is 42.0 Å². The third kappa shape index (κ3) is 1.19. The lowest BCUT2D eigenvalue weighted by Gasteiger charge is -2.02. The number of ether oxygens (including phenoxy) is 1. The summed E-state index contributed by atoms with van der Waals surface area (Å²) in [5.41, 5.74) is 2.19. The zero-order valence-electron chi connectivity index (χ0n) is 7.05. The highest BCUT2D eigenvalue weighted by atomic mass is 16.6. The van der Waals surface area contributed by atoms with E-state index in [0.29, 0.717) is 0 Å². The van der Waals surface area contributed by atoms with E-state index in [4.69, 9.17) is 4.74 Å². The number of rotatable bonds is 1. The summed E-state index contributed by atoms with van der Waals surface area (Å²) < 4.78 is 5.30. The van der Waals surface area contributed by atoms with Crippen LogP contribution in [0.3, 0.4) is 0 Å². The first-order valence-electron chi connectivity index (χ1n) is 4.40. The van der Waals surface area contributed by atoms with E-state index < -0.39 is 0 Å². The second kappa shape index (κ2) is 2.54. The van der Waals surface area contributed by atoms with Gasteiger partial charge in [0.1, 0.15) is 12.2 Å². The van der Waals surface area contributed by atoms with Crippen molar-refractivity contribution >= 4 is 11.9 Å². The minimum Gasteiger partial charge on any atom is -0.359 e. The molecular weight excluding hydrogens is 162 g/mol. The van der Waals surface area contributed by atoms with Gasteiger partial charge in [0, 0.05) is 6.21 Å². The molecule has 0 spiro atoms. The Morgan fingerprint density at radius 3 is 2.69 bits per heavy atom. The average molecular weight is 171 g/mol. The van der Waals surface area contributed by atoms with Crippen molar-refractivity contribution < 1.29 is 4.74 Å². The maximum atomic E-state index is 5.30. The highest BCUT2D eigenvalue weighted by molar-refractivity contribution is 5.82. The Balaban J connectivity index is 1.98. The first-order chi connectivity index (χ1) is 6.43. The molecule has 0 N–H and O–H groups in total. The van der Waals surface area contributed by atoms with Gasteiger partial charge in [0.15, 0.2) is 0 Å². The third-order valence-electron chi connectivity index (χ3n) is 2.31. The molecule has 2 nitrogen and oxygen atoms in total. The second-order valence-electron chi connectivity index (χ2n) is 3.26. The van der Waals surface area contributed by atoms with E-state index in [-0.39, 0.29) is 12.2 Å². The monoisotopic (exact) mass is 171 g/mol. The van der Waals surface area contributed by atoms with Crippen LogP contribution in [0, 0.1) is 0 Å². The fourth-order valence-corrected chi connectivity index (χ4v) is 1.52. The lowest BCUT2D eigenvalue weighted by Crippen LogP contribution is -1.99. The van der Waals surface area contributed by atoms with Crippen LogP contribution in [0.2, 0.25) is 0 Å². The summed E-state index contributed by atoms with van der Waals surface area (Å²) in [7, 11) is 0. The maximum absolute atomic E-state index is 5.30. The summed E-state index contributed by atoms with van der Waals surface area (Å²) in [5.74, 6) is 0. The molecule has 1 saturated heterocycles. The van der Waals surface area contributed by atoms with Crippen molar-refractivity contribution in [2.45, 2.75) is 12.2 Å². The lowest BCUT2D eigenvalue weighted by atomic mass is 10.1. The summed E-state index contributed by atoms with van der Waals surface area (Å²) >= 11 is 0. The van der Waals surface area contributed by atoms with Gasteiger partial charge in [-0.3, -0.25) is 4.99 Å². The van der Waals surface area contributed by atoms with Crippen molar-refractivity contribution in [3.63, 3.8) is 0 Å². The molecule has 2 heteroatoms. The summed E-state index contributed by atoms with van der Waals surface area (Å²) in [6.45, 7) is 0. The summed E-state index contributed by atoms with van der Waals surface area (Å²) in [6.07, 6.45) is 4.51. The van der Waals surface area contributed by atoms with E-state index in [9.17, 15) is 0 Å². The van der Waals surface area contributed by atoms with Crippen LogP contribution < -0.4 is 0 Å². The number of hydrogen-bond donors (Lipinski definition) is 0. The molecule has 13 heavy (non-hydrogen) atoms. The molecule has 64 valence electrons. The molecule has 0 unspecified atom stereocenters. The average Bonchev–Trinajstić information content (AvgIpc) is 2.96. The fourth-order valence-electron chi connectivity index (χ4n) is 1.52. The number of aliphatic imine (C=N–C) groups is 1. The molecular formula is C11H9NO. The molecule has 0 aromatic heterocycles. The van der Waals surface area contributed by atoms with Crippen LogP contribution in [0.25, 0.3) is 5.70 Å². The van der Waals surface area contributed by atoms with Gasteiger partial charge >= 0.3 is 0 Å². The summed E-state index contributed by atoms with van der Waals surface area (Å²) in [6, 6.07) is 10.2. The number of fused-ring (bicyclic) bond motifs is 1. The van der Waals surface area contributed by atoms with Gasteiger partial charge in [0.2, 0.25) is 0 Å². The third-order valence-corrected chi connectivity index (χ3v) is 2.31. The topological polar surface area (TPSA) is 24.9 Å². The molecule has 0 aliphatic carbocycles. The van der Waals surface area contributed by atoms with Crippen LogP contribution in [0.5, 0.6) is 0 Å². The predicted octanol–water partition coefficient (Wildman–Crippen LogP) is 1.88. The van der Waals surface area contributed by atoms with Crippen molar-refractivity contribution in [1.29, 1.82) is 0 Å². The van der Waals surface area contributed by atoms with Crippen LogP contribution in [0.4, 0.5) is 0 Å². The van der Waals surface area contributed by atoms with Crippen LogP contribution in [0.15, 0.2) is 41.4 Å². The fraction of sp³-hybridized carbons (Fsp3) is 0.182. The zero-order valence-corrected chi connectivity index (χ0v) is 7.05. The minimum absolute atomic E-state index is 0.257. The minimum atomic E-state index is 0.257. The van der Waals surface area contributed by atoms with Gasteiger partial charge in [0.25, 0.3) is 0 Å². The van der Waals surface area contributed by atoms with Crippen molar-refractivity contribution in [3.8, 4) is 0 Å². The number of hydrogen-bond acceptors (Lipinski definition) is 2. The number of nitrogens with zero attached hydrogens (tertiary/aromatic N) is 1. The first-order valence-corrected chi connectivity index (χ1v) is 4.40. The molecule has 2 aliphatic heterocycles. The van der Waals surface area contributed by atoms with Gasteiger partial charge in [-0.25, -0.2) is 0 Å². The highest BCUT2D eigenvalue weighted by Gasteiger charge is 2.38. The van der Waals surface area contributed by atoms with Gasteiger partial charge in [0.05, 0.1) is 5.70 Å². The van der Waals surface area contributed by atoms with Gasteiger partial charge in [-0.15, -0.1) is 0 Å². The lowest BCUT2D eigenvalue weighted by molar-refractivity contribution is 0.424. The van der Waals surface area contributed by atoms with Crippen LogP contribution in [-0.4, -0.2) is 18.4 Å². The normalized spacial score (nSPS) is 29.4. The zero-order chi connectivity index (χ0) is 8.67. The molecule has 3 rings (SSSR count). The van der Waals surface area contributed by atoms with Gasteiger partial charge in [-0.2, -0.15) is 0 Å². The smallest absolute Gasteiger partial charge is 0.123 e.